The minimum Gasteiger partial charge on any atom is -0.493 e. The first-order chi connectivity index (χ1) is 21.1. The Hall–Kier alpha value is -4.99. The van der Waals surface area contributed by atoms with E-state index in [1.807, 2.05) is 77.9 Å². The highest BCUT2D eigenvalue weighted by Gasteiger charge is 2.12. The molecule has 4 aromatic rings. The van der Waals surface area contributed by atoms with Crippen LogP contribution in [0.15, 0.2) is 42.5 Å². The first kappa shape index (κ1) is 31.9. The number of nitrogens with zero attached hydrogens (tertiary/aromatic N) is 4. The van der Waals surface area contributed by atoms with E-state index in [9.17, 15) is 4.79 Å². The third-order valence-corrected chi connectivity index (χ3v) is 7.20. The van der Waals surface area contributed by atoms with Crippen molar-refractivity contribution in [1.29, 1.82) is 0 Å². The normalized spacial score (nSPS) is 11.0. The van der Waals surface area contributed by atoms with E-state index in [0.717, 1.165) is 56.7 Å². The van der Waals surface area contributed by atoms with Crippen molar-refractivity contribution in [2.24, 2.45) is 0 Å². The van der Waals surface area contributed by atoms with Gasteiger partial charge in [-0.2, -0.15) is 0 Å². The van der Waals surface area contributed by atoms with Crippen LogP contribution < -0.4 is 24.3 Å². The van der Waals surface area contributed by atoms with Gasteiger partial charge < -0.3 is 24.3 Å². The molecular weight excluding hydrogens is 558 g/mol. The average Bonchev–Trinajstić information content (AvgIpc) is 3.01. The number of hydrogen-bond acceptors (Lipinski definition) is 9. The smallest absolute Gasteiger partial charge is 0.244 e. The molecule has 2 aromatic heterocycles. The maximum absolute atomic E-state index is 12.6. The number of benzene rings is 2. The lowest BCUT2D eigenvalue weighted by Gasteiger charge is -2.14. The molecular formula is C34H39N5O5. The Morgan fingerprint density at radius 2 is 1.16 bits per heavy atom. The minimum absolute atomic E-state index is 0.240. The van der Waals surface area contributed by atoms with Gasteiger partial charge in [0.05, 0.1) is 59.8 Å². The van der Waals surface area contributed by atoms with Crippen LogP contribution in [0.1, 0.15) is 56.7 Å². The van der Waals surface area contributed by atoms with Crippen LogP contribution in [-0.4, -0.2) is 40.1 Å². The topological polar surface area (TPSA) is 118 Å². The van der Waals surface area contributed by atoms with E-state index in [-0.39, 0.29) is 19.1 Å². The van der Waals surface area contributed by atoms with Crippen LogP contribution in [0.4, 0.5) is 0 Å². The fraction of sp³-hybridized carbons (Fsp3) is 0.324. The molecule has 230 valence electrons. The van der Waals surface area contributed by atoms with Crippen LogP contribution >= 0.6 is 0 Å². The number of aromatic nitrogens is 4. The lowest BCUT2D eigenvalue weighted by molar-refractivity contribution is -0.116. The molecule has 0 saturated carbocycles. The molecule has 1 N–H and O–H groups in total. The van der Waals surface area contributed by atoms with Gasteiger partial charge in [0.15, 0.2) is 23.0 Å². The molecule has 2 heterocycles. The number of methoxy groups -OCH3 is 2. The highest BCUT2D eigenvalue weighted by molar-refractivity contribution is 5.91. The van der Waals surface area contributed by atoms with Crippen LogP contribution in [0.25, 0.3) is 6.08 Å². The molecule has 0 spiro atoms. The second-order valence-corrected chi connectivity index (χ2v) is 10.4. The van der Waals surface area contributed by atoms with Gasteiger partial charge in [0.1, 0.15) is 13.2 Å². The summed E-state index contributed by atoms with van der Waals surface area (Å²) in [6, 6.07) is 11.0. The molecule has 10 heteroatoms. The monoisotopic (exact) mass is 597 g/mol. The Balaban J connectivity index is 1.33. The summed E-state index contributed by atoms with van der Waals surface area (Å²) in [5.41, 5.74) is 8.44. The maximum Gasteiger partial charge on any atom is 0.244 e. The van der Waals surface area contributed by atoms with Gasteiger partial charge >= 0.3 is 0 Å². The molecule has 0 radical (unpaired) electrons. The van der Waals surface area contributed by atoms with Crippen LogP contribution in [0.3, 0.4) is 0 Å². The van der Waals surface area contributed by atoms with E-state index < -0.39 is 0 Å². The lowest BCUT2D eigenvalue weighted by Crippen LogP contribution is -2.20. The van der Waals surface area contributed by atoms with Gasteiger partial charge in [0.2, 0.25) is 5.91 Å². The number of amides is 1. The molecule has 2 aromatic carbocycles. The van der Waals surface area contributed by atoms with Crippen LogP contribution in [-0.2, 0) is 24.6 Å². The Bertz CT molecular complexity index is 1690. The maximum atomic E-state index is 12.6. The first-order valence-corrected chi connectivity index (χ1v) is 14.3. The number of nitrogens with one attached hydrogen (secondary N) is 1. The number of carbonyl (C=O) groups excluding carboxylic acids is 1. The van der Waals surface area contributed by atoms with Crippen LogP contribution in [0.2, 0.25) is 0 Å². The van der Waals surface area contributed by atoms with Gasteiger partial charge in [-0.3, -0.25) is 24.7 Å². The SMILES string of the molecule is COc1cc(/C=C/C(=O)NCc2ccc(OCc3nc(C)c(C)nc3C)c(OC)c2)ccc1OCc1nc(C)c(C)nc1C. The highest BCUT2D eigenvalue weighted by Crippen LogP contribution is 2.30. The number of hydrogen-bond donors (Lipinski definition) is 1. The van der Waals surface area contributed by atoms with E-state index in [0.29, 0.717) is 29.5 Å². The fourth-order valence-corrected chi connectivity index (χ4v) is 4.36. The van der Waals surface area contributed by atoms with E-state index in [1.54, 1.807) is 20.3 Å². The van der Waals surface area contributed by atoms with Crippen molar-refractivity contribution in [2.75, 3.05) is 14.2 Å². The molecule has 0 saturated heterocycles. The summed E-state index contributed by atoms with van der Waals surface area (Å²) in [6.45, 7) is 12.4. The van der Waals surface area contributed by atoms with E-state index >= 15 is 0 Å². The molecule has 0 aliphatic rings. The molecule has 0 fully saturated rings. The first-order valence-electron chi connectivity index (χ1n) is 14.3. The van der Waals surface area contributed by atoms with Crippen molar-refractivity contribution >= 4 is 12.0 Å². The van der Waals surface area contributed by atoms with E-state index in [4.69, 9.17) is 18.9 Å². The summed E-state index contributed by atoms with van der Waals surface area (Å²) in [7, 11) is 3.16. The third kappa shape index (κ3) is 8.09. The van der Waals surface area contributed by atoms with Gasteiger partial charge in [0.25, 0.3) is 0 Å². The standard InChI is InChI=1S/C34H39N5O5/c1-20-22(3)38-28(24(5)36-20)18-43-30-12-9-26(15-32(30)41-7)11-14-34(40)35-17-27-10-13-31(33(16-27)42-8)44-19-29-25(6)37-21(2)23(4)39-29/h9-16H,17-19H2,1-8H3,(H,35,40)/b14-11+. The van der Waals surface area contributed by atoms with Crippen LogP contribution in [0, 0.1) is 41.5 Å². The summed E-state index contributed by atoms with van der Waals surface area (Å²) < 4.78 is 23.0. The number of ether oxygens (including phenoxy) is 4. The van der Waals surface area contributed by atoms with Crippen molar-refractivity contribution in [3.63, 3.8) is 0 Å². The largest absolute Gasteiger partial charge is 0.493 e. The predicted molar refractivity (Wildman–Crippen MR) is 168 cm³/mol. The lowest BCUT2D eigenvalue weighted by atomic mass is 10.1. The Labute approximate surface area is 258 Å². The van der Waals surface area contributed by atoms with Crippen molar-refractivity contribution in [3.05, 3.63) is 99.2 Å². The Morgan fingerprint density at radius 3 is 1.70 bits per heavy atom. The highest BCUT2D eigenvalue weighted by atomic mass is 16.5. The summed E-state index contributed by atoms with van der Waals surface area (Å²) in [4.78, 5) is 30.8. The molecule has 44 heavy (non-hydrogen) atoms. The second kappa shape index (κ2) is 14.5. The number of aryl methyl sites for hydroxylation is 6. The fourth-order valence-electron chi connectivity index (χ4n) is 4.36. The van der Waals surface area contributed by atoms with E-state index in [1.165, 1.54) is 6.08 Å². The molecule has 1 amide bonds. The number of rotatable bonds is 12. The Morgan fingerprint density at radius 1 is 0.659 bits per heavy atom. The predicted octanol–water partition coefficient (Wildman–Crippen LogP) is 5.62. The number of carbonyl (C=O) groups is 1. The molecule has 0 aliphatic carbocycles. The molecule has 0 unspecified atom stereocenters. The van der Waals surface area contributed by atoms with Gasteiger partial charge in [0, 0.05) is 12.6 Å². The zero-order valence-corrected chi connectivity index (χ0v) is 26.6. The minimum atomic E-state index is -0.240. The summed E-state index contributed by atoms with van der Waals surface area (Å²) in [6.07, 6.45) is 3.20. The van der Waals surface area contributed by atoms with Crippen molar-refractivity contribution < 1.29 is 23.7 Å². The summed E-state index contributed by atoms with van der Waals surface area (Å²) in [5.74, 6) is 2.04. The third-order valence-electron chi connectivity index (χ3n) is 7.20. The van der Waals surface area contributed by atoms with Crippen molar-refractivity contribution in [3.8, 4) is 23.0 Å². The zero-order chi connectivity index (χ0) is 31.8. The summed E-state index contributed by atoms with van der Waals surface area (Å²) in [5, 5.41) is 2.90. The van der Waals surface area contributed by atoms with Gasteiger partial charge in [-0.15, -0.1) is 0 Å². The zero-order valence-electron chi connectivity index (χ0n) is 26.6. The quantitative estimate of drug-likeness (QED) is 0.208. The average molecular weight is 598 g/mol. The molecule has 10 nitrogen and oxygen atoms in total. The van der Waals surface area contributed by atoms with Crippen molar-refractivity contribution in [1.82, 2.24) is 25.3 Å². The van der Waals surface area contributed by atoms with Gasteiger partial charge in [-0.1, -0.05) is 12.1 Å². The molecule has 0 atom stereocenters. The second-order valence-electron chi connectivity index (χ2n) is 10.4. The molecule has 0 aliphatic heterocycles. The summed E-state index contributed by atoms with van der Waals surface area (Å²) >= 11 is 0. The molecule has 4 rings (SSSR count). The van der Waals surface area contributed by atoms with Crippen LogP contribution in [0.5, 0.6) is 23.0 Å². The van der Waals surface area contributed by atoms with E-state index in [2.05, 4.69) is 25.3 Å². The Kier molecular flexibility index (Phi) is 10.5. The van der Waals surface area contributed by atoms with Gasteiger partial charge in [-0.05, 0) is 83.0 Å². The molecule has 0 bridgehead atoms. The van der Waals surface area contributed by atoms with Crippen molar-refractivity contribution in [2.45, 2.75) is 61.3 Å². The van der Waals surface area contributed by atoms with Gasteiger partial charge in [-0.25, -0.2) is 0 Å².